The smallest absolute Gasteiger partial charge is 0.316 e. The predicted molar refractivity (Wildman–Crippen MR) is 169 cm³/mol. The van der Waals surface area contributed by atoms with Crippen LogP contribution in [0.4, 0.5) is 0 Å². The fraction of sp³-hybridized carbons (Fsp3) is 0.556. The molecule has 0 fully saturated rings. The van der Waals surface area contributed by atoms with E-state index < -0.39 is 57.1 Å². The molecule has 2 aromatic carbocycles. The minimum Gasteiger partial charge on any atom is -0.486 e. The van der Waals surface area contributed by atoms with Crippen molar-refractivity contribution in [3.8, 4) is 28.7 Å². The molecule has 0 unspecified atom stereocenters. The Bertz CT molecular complexity index is 1590. The number of hydrogen-bond donors (Lipinski definition) is 1. The van der Waals surface area contributed by atoms with Gasteiger partial charge in [0.05, 0.1) is 21.7 Å². The second-order valence-corrected chi connectivity index (χ2v) is 16.4. The van der Waals surface area contributed by atoms with E-state index in [1.807, 2.05) is 0 Å². The zero-order valence-corrected chi connectivity index (χ0v) is 28.9. The van der Waals surface area contributed by atoms with E-state index in [4.69, 9.17) is 23.7 Å². The molecule has 0 spiro atoms. The Labute approximate surface area is 270 Å². The average Bonchev–Trinajstić information content (AvgIpc) is 3.18. The average molecular weight is 639 g/mol. The van der Waals surface area contributed by atoms with Crippen molar-refractivity contribution in [3.05, 3.63) is 41.0 Å². The van der Waals surface area contributed by atoms with Crippen LogP contribution in [-0.2, 0) is 25.6 Å². The molecule has 0 saturated carbocycles. The molecule has 0 amide bonds. The van der Waals surface area contributed by atoms with Gasteiger partial charge in [-0.1, -0.05) is 6.07 Å². The van der Waals surface area contributed by atoms with Crippen LogP contribution in [0.3, 0.4) is 0 Å². The maximum atomic E-state index is 13.1. The van der Waals surface area contributed by atoms with Crippen molar-refractivity contribution in [2.75, 3.05) is 6.61 Å². The number of aliphatic hydroxyl groups is 1. The van der Waals surface area contributed by atoms with Crippen LogP contribution >= 0.6 is 0 Å². The van der Waals surface area contributed by atoms with Gasteiger partial charge in [0, 0.05) is 17.9 Å². The molecule has 0 aromatic heterocycles. The molecule has 0 radical (unpaired) electrons. The molecule has 0 saturated heterocycles. The topological polar surface area (TPSA) is 135 Å². The van der Waals surface area contributed by atoms with E-state index in [0.29, 0.717) is 16.7 Å². The van der Waals surface area contributed by atoms with E-state index in [9.17, 15) is 24.3 Å². The van der Waals surface area contributed by atoms with Crippen LogP contribution < -0.4 is 23.7 Å². The van der Waals surface area contributed by atoms with Gasteiger partial charge in [-0.3, -0.25) is 19.2 Å². The highest BCUT2D eigenvalue weighted by Gasteiger charge is 2.52. The summed E-state index contributed by atoms with van der Waals surface area (Å²) in [5.41, 5.74) is -3.12. The number of fused-ring (bicyclic) bond motifs is 5. The Kier molecular flexibility index (Phi) is 8.66. The Morgan fingerprint density at radius 3 is 1.57 bits per heavy atom. The van der Waals surface area contributed by atoms with Gasteiger partial charge in [-0.05, 0) is 112 Å². The van der Waals surface area contributed by atoms with Gasteiger partial charge in [0.2, 0.25) is 5.75 Å². The van der Waals surface area contributed by atoms with E-state index in [0.717, 1.165) is 0 Å². The summed E-state index contributed by atoms with van der Waals surface area (Å²) >= 11 is 0. The van der Waals surface area contributed by atoms with Crippen molar-refractivity contribution in [2.45, 2.75) is 101 Å². The molecule has 2 aromatic rings. The summed E-state index contributed by atoms with van der Waals surface area (Å²) in [5.74, 6) is -2.72. The van der Waals surface area contributed by atoms with Crippen molar-refractivity contribution < 1.29 is 48.0 Å². The number of hydrogen-bond acceptors (Lipinski definition) is 10. The standard InChI is InChI=1S/C36H46O10/c1-32(2,3)28(37)43-22-14-13-20-25-21-16-24(45-30(39)34(7,8)9)23(44-29(38)33(4,5)6)15-19(21)17-36(25,41)18-42-26(20)27(22)46-31(40)35(10,11)12/h13-16,25,41H,17-18H2,1-12H3/t25-,36+/m0/s1. The van der Waals surface area contributed by atoms with Gasteiger partial charge in [0.15, 0.2) is 23.0 Å². The van der Waals surface area contributed by atoms with Gasteiger partial charge in [0.1, 0.15) is 12.2 Å². The first-order chi connectivity index (χ1) is 20.8. The lowest BCUT2D eigenvalue weighted by atomic mass is 9.80. The summed E-state index contributed by atoms with van der Waals surface area (Å²) in [6.07, 6.45) is 0.137. The van der Waals surface area contributed by atoms with E-state index in [1.165, 1.54) is 6.07 Å². The van der Waals surface area contributed by atoms with Gasteiger partial charge in [-0.2, -0.15) is 0 Å². The lowest BCUT2D eigenvalue weighted by Gasteiger charge is -2.37. The molecule has 4 rings (SSSR count). The summed E-state index contributed by atoms with van der Waals surface area (Å²) in [6.45, 7) is 20.3. The Hall–Kier alpha value is -3.92. The lowest BCUT2D eigenvalue weighted by Crippen LogP contribution is -2.44. The van der Waals surface area contributed by atoms with Crippen LogP contribution in [0.2, 0.25) is 0 Å². The zero-order valence-electron chi connectivity index (χ0n) is 28.9. The van der Waals surface area contributed by atoms with Crippen molar-refractivity contribution in [2.24, 2.45) is 21.7 Å². The minimum absolute atomic E-state index is 0.00386. The Balaban J connectivity index is 1.90. The molecule has 1 N–H and O–H groups in total. The van der Waals surface area contributed by atoms with Crippen molar-refractivity contribution >= 4 is 23.9 Å². The summed E-state index contributed by atoms with van der Waals surface area (Å²) in [7, 11) is 0. The van der Waals surface area contributed by atoms with Crippen LogP contribution in [0.1, 0.15) is 106 Å². The molecule has 0 bridgehead atoms. The Morgan fingerprint density at radius 2 is 1.09 bits per heavy atom. The van der Waals surface area contributed by atoms with Gasteiger partial charge in [-0.15, -0.1) is 0 Å². The van der Waals surface area contributed by atoms with Crippen molar-refractivity contribution in [1.82, 2.24) is 0 Å². The fourth-order valence-corrected chi connectivity index (χ4v) is 4.83. The second kappa shape index (κ2) is 11.4. The third kappa shape index (κ3) is 6.92. The van der Waals surface area contributed by atoms with E-state index >= 15 is 0 Å². The third-order valence-corrected chi connectivity index (χ3v) is 7.69. The number of carbonyl (C=O) groups is 4. The van der Waals surface area contributed by atoms with E-state index in [-0.39, 0.29) is 41.8 Å². The minimum atomic E-state index is -1.44. The largest absolute Gasteiger partial charge is 0.486 e. The van der Waals surface area contributed by atoms with Crippen LogP contribution in [-0.4, -0.2) is 41.2 Å². The van der Waals surface area contributed by atoms with E-state index in [1.54, 1.807) is 101 Å². The first-order valence-corrected chi connectivity index (χ1v) is 15.4. The second-order valence-electron chi connectivity index (χ2n) is 16.4. The monoisotopic (exact) mass is 638 g/mol. The maximum Gasteiger partial charge on any atom is 0.316 e. The molecular weight excluding hydrogens is 592 g/mol. The first kappa shape index (κ1) is 34.9. The normalized spacial score (nSPS) is 19.2. The molecule has 2 atom stereocenters. The summed E-state index contributed by atoms with van der Waals surface area (Å²) in [4.78, 5) is 51.9. The summed E-state index contributed by atoms with van der Waals surface area (Å²) in [6, 6.07) is 6.39. The third-order valence-electron chi connectivity index (χ3n) is 7.69. The molecule has 46 heavy (non-hydrogen) atoms. The van der Waals surface area contributed by atoms with Gasteiger partial charge in [-0.25, -0.2) is 0 Å². The van der Waals surface area contributed by atoms with Crippen molar-refractivity contribution in [3.63, 3.8) is 0 Å². The SMILES string of the molecule is CC(C)(C)C(=O)Oc1cc2c(cc1OC(=O)C(C)(C)C)[C@@H]1c3ccc(OC(=O)C(C)(C)C)c(OC(=O)C(C)(C)C)c3OC[C@]1(O)C2. The van der Waals surface area contributed by atoms with Crippen LogP contribution in [0.15, 0.2) is 24.3 Å². The fourth-order valence-electron chi connectivity index (χ4n) is 4.83. The highest BCUT2D eigenvalue weighted by Crippen LogP contribution is 2.57. The van der Waals surface area contributed by atoms with E-state index in [2.05, 4.69) is 0 Å². The van der Waals surface area contributed by atoms with Crippen molar-refractivity contribution in [1.29, 1.82) is 0 Å². The summed E-state index contributed by atoms with van der Waals surface area (Å²) in [5, 5.41) is 12.0. The first-order valence-electron chi connectivity index (χ1n) is 15.4. The van der Waals surface area contributed by atoms with Gasteiger partial charge < -0.3 is 28.8 Å². The highest BCUT2D eigenvalue weighted by atomic mass is 16.6. The molecule has 1 aliphatic heterocycles. The van der Waals surface area contributed by atoms with Gasteiger partial charge >= 0.3 is 23.9 Å². The molecule has 10 heteroatoms. The molecule has 250 valence electrons. The number of benzene rings is 2. The van der Waals surface area contributed by atoms with Crippen LogP contribution in [0, 0.1) is 21.7 Å². The van der Waals surface area contributed by atoms with Crippen LogP contribution in [0.25, 0.3) is 0 Å². The summed E-state index contributed by atoms with van der Waals surface area (Å²) < 4.78 is 29.2. The quantitative estimate of drug-likeness (QED) is 0.300. The number of carbonyl (C=O) groups excluding carboxylic acids is 4. The zero-order chi connectivity index (χ0) is 34.8. The number of ether oxygens (including phenoxy) is 5. The lowest BCUT2D eigenvalue weighted by molar-refractivity contribution is -0.146. The predicted octanol–water partition coefficient (Wildman–Crippen LogP) is 6.30. The van der Waals surface area contributed by atoms with Crippen LogP contribution in [0.5, 0.6) is 28.7 Å². The molecular formula is C36H46O10. The molecule has 10 nitrogen and oxygen atoms in total. The molecule has 1 aliphatic carbocycles. The Morgan fingerprint density at radius 1 is 0.652 bits per heavy atom. The number of esters is 4. The van der Waals surface area contributed by atoms with Gasteiger partial charge in [0.25, 0.3) is 0 Å². The maximum absolute atomic E-state index is 13.1. The highest BCUT2D eigenvalue weighted by molar-refractivity contribution is 5.84. The molecule has 1 heterocycles. The number of rotatable bonds is 4. The molecule has 2 aliphatic rings.